The molecular weight excluding hydrogens is 309 g/mol. The fourth-order valence-electron chi connectivity index (χ4n) is 1.81. The first-order valence-electron chi connectivity index (χ1n) is 5.92. The maximum atomic E-state index is 13.6. The predicted octanol–water partition coefficient (Wildman–Crippen LogP) is 2.21. The summed E-state index contributed by atoms with van der Waals surface area (Å²) in [6, 6.07) is 1.62. The maximum absolute atomic E-state index is 13.6. The van der Waals surface area contributed by atoms with E-state index in [2.05, 4.69) is 0 Å². The molecule has 2 rings (SSSR count). The van der Waals surface area contributed by atoms with Gasteiger partial charge < -0.3 is 5.11 Å². The van der Waals surface area contributed by atoms with Crippen molar-refractivity contribution in [1.82, 2.24) is 4.31 Å². The molecule has 1 aliphatic carbocycles. The summed E-state index contributed by atoms with van der Waals surface area (Å²) in [6.45, 7) is 0.342. The number of halogens is 2. The average Bonchev–Trinajstić information content (AvgIpc) is 3.15. The zero-order valence-electron chi connectivity index (χ0n) is 10.6. The lowest BCUT2D eigenvalue weighted by molar-refractivity contribution is 0.0696. The number of hydrogen-bond donors (Lipinski definition) is 1. The Balaban J connectivity index is 2.43. The third-order valence-corrected chi connectivity index (χ3v) is 5.34. The van der Waals surface area contributed by atoms with E-state index in [1.807, 2.05) is 0 Å². The van der Waals surface area contributed by atoms with Crippen molar-refractivity contribution in [2.45, 2.75) is 17.7 Å². The van der Waals surface area contributed by atoms with Gasteiger partial charge in [-0.25, -0.2) is 21.9 Å². The smallest absolute Gasteiger partial charge is 0.337 e. The lowest BCUT2D eigenvalue weighted by Crippen LogP contribution is -2.29. The number of hydrogen-bond acceptors (Lipinski definition) is 3. The fourth-order valence-corrected chi connectivity index (χ4v) is 3.29. The van der Waals surface area contributed by atoms with Crippen molar-refractivity contribution in [3.8, 4) is 0 Å². The first-order valence-corrected chi connectivity index (χ1v) is 7.74. The van der Waals surface area contributed by atoms with E-state index in [1.165, 1.54) is 7.05 Å². The first-order chi connectivity index (χ1) is 9.23. The van der Waals surface area contributed by atoms with Crippen LogP contribution in [0.4, 0.5) is 4.39 Å². The molecule has 0 spiro atoms. The van der Waals surface area contributed by atoms with Gasteiger partial charge in [0.2, 0.25) is 10.0 Å². The van der Waals surface area contributed by atoms with Gasteiger partial charge in [0.25, 0.3) is 0 Å². The van der Waals surface area contributed by atoms with Gasteiger partial charge in [-0.05, 0) is 30.9 Å². The Hall–Kier alpha value is -1.18. The predicted molar refractivity (Wildman–Crippen MR) is 70.9 cm³/mol. The standard InChI is InChI=1S/C12H13ClFNO4S/c1-15(6-7-2-3-7)20(18,19)8-4-9(12(16)17)11(13)10(14)5-8/h4-5,7H,2-3,6H2,1H3,(H,16,17). The van der Waals surface area contributed by atoms with E-state index in [4.69, 9.17) is 16.7 Å². The highest BCUT2D eigenvalue weighted by Crippen LogP contribution is 2.32. The van der Waals surface area contributed by atoms with Crippen molar-refractivity contribution in [2.75, 3.05) is 13.6 Å². The van der Waals surface area contributed by atoms with Gasteiger partial charge in [0.05, 0.1) is 15.5 Å². The van der Waals surface area contributed by atoms with Crippen LogP contribution < -0.4 is 0 Å². The van der Waals surface area contributed by atoms with Crippen molar-refractivity contribution in [1.29, 1.82) is 0 Å². The maximum Gasteiger partial charge on any atom is 0.337 e. The number of benzene rings is 1. The van der Waals surface area contributed by atoms with Crippen LogP contribution in [-0.2, 0) is 10.0 Å². The van der Waals surface area contributed by atoms with Gasteiger partial charge in [0, 0.05) is 13.6 Å². The number of carbonyl (C=O) groups is 1. The molecule has 0 aliphatic heterocycles. The molecule has 0 radical (unpaired) electrons. The summed E-state index contributed by atoms with van der Waals surface area (Å²) < 4.78 is 39.2. The summed E-state index contributed by atoms with van der Waals surface area (Å²) in [5, 5.41) is 8.32. The van der Waals surface area contributed by atoms with E-state index in [1.54, 1.807) is 0 Å². The molecule has 5 nitrogen and oxygen atoms in total. The third kappa shape index (κ3) is 2.94. The lowest BCUT2D eigenvalue weighted by atomic mass is 10.2. The third-order valence-electron chi connectivity index (χ3n) is 3.15. The molecule has 1 aromatic carbocycles. The van der Waals surface area contributed by atoms with Crippen LogP contribution in [0.15, 0.2) is 17.0 Å². The molecule has 20 heavy (non-hydrogen) atoms. The van der Waals surface area contributed by atoms with Gasteiger partial charge >= 0.3 is 5.97 Å². The van der Waals surface area contributed by atoms with Gasteiger partial charge in [-0.3, -0.25) is 0 Å². The van der Waals surface area contributed by atoms with Crippen LogP contribution in [0.5, 0.6) is 0 Å². The highest BCUT2D eigenvalue weighted by atomic mass is 35.5. The van der Waals surface area contributed by atoms with Crippen LogP contribution in [-0.4, -0.2) is 37.4 Å². The minimum absolute atomic E-state index is 0.325. The normalized spacial score (nSPS) is 15.6. The van der Waals surface area contributed by atoms with Crippen molar-refractivity contribution in [3.63, 3.8) is 0 Å². The molecule has 0 atom stereocenters. The lowest BCUT2D eigenvalue weighted by Gasteiger charge is -2.17. The SMILES string of the molecule is CN(CC1CC1)S(=O)(=O)c1cc(F)c(Cl)c(C(=O)O)c1. The Kier molecular flexibility index (Phi) is 4.04. The van der Waals surface area contributed by atoms with Crippen molar-refractivity contribution in [2.24, 2.45) is 5.92 Å². The Morgan fingerprint density at radius 3 is 2.60 bits per heavy atom. The van der Waals surface area contributed by atoms with E-state index in [9.17, 15) is 17.6 Å². The molecule has 0 heterocycles. The molecule has 8 heteroatoms. The first kappa shape index (κ1) is 15.2. The summed E-state index contributed by atoms with van der Waals surface area (Å²) in [7, 11) is -2.53. The molecule has 1 aliphatic rings. The number of carboxylic acid groups (broad SMARTS) is 1. The van der Waals surface area contributed by atoms with Crippen molar-refractivity contribution >= 4 is 27.6 Å². The summed E-state index contributed by atoms with van der Waals surface area (Å²) >= 11 is 5.52. The second-order valence-electron chi connectivity index (χ2n) is 4.80. The number of carboxylic acids is 1. The van der Waals surface area contributed by atoms with Crippen LogP contribution in [0.25, 0.3) is 0 Å². The molecule has 0 unspecified atom stereocenters. The number of rotatable bonds is 5. The molecule has 1 saturated carbocycles. The van der Waals surface area contributed by atoms with Crippen LogP contribution in [0.1, 0.15) is 23.2 Å². The number of nitrogens with zero attached hydrogens (tertiary/aromatic N) is 1. The van der Waals surface area contributed by atoms with E-state index < -0.39 is 37.3 Å². The zero-order chi connectivity index (χ0) is 15.1. The highest BCUT2D eigenvalue weighted by Gasteiger charge is 2.30. The topological polar surface area (TPSA) is 74.7 Å². The molecule has 0 bridgehead atoms. The molecule has 0 saturated heterocycles. The zero-order valence-corrected chi connectivity index (χ0v) is 12.2. The molecular formula is C12H13ClFNO4S. The van der Waals surface area contributed by atoms with Gasteiger partial charge in [0.15, 0.2) is 0 Å². The van der Waals surface area contributed by atoms with E-state index >= 15 is 0 Å². The van der Waals surface area contributed by atoms with Gasteiger partial charge in [-0.15, -0.1) is 0 Å². The van der Waals surface area contributed by atoms with E-state index in [-0.39, 0.29) is 0 Å². The minimum atomic E-state index is -3.92. The summed E-state index contributed by atoms with van der Waals surface area (Å²) in [5.74, 6) is -2.22. The Labute approximate surface area is 121 Å². The minimum Gasteiger partial charge on any atom is -0.478 e. The number of aromatic carboxylic acids is 1. The van der Waals surface area contributed by atoms with E-state index in [0.29, 0.717) is 12.5 Å². The Bertz CT molecular complexity index is 658. The second-order valence-corrected chi connectivity index (χ2v) is 7.22. The van der Waals surface area contributed by atoms with Crippen molar-refractivity contribution < 1.29 is 22.7 Å². The second kappa shape index (κ2) is 5.31. The average molecular weight is 322 g/mol. The Morgan fingerprint density at radius 2 is 2.10 bits per heavy atom. The molecule has 1 fully saturated rings. The molecule has 1 aromatic rings. The van der Waals surface area contributed by atoms with Gasteiger partial charge in [-0.1, -0.05) is 11.6 Å². The monoisotopic (exact) mass is 321 g/mol. The van der Waals surface area contributed by atoms with E-state index in [0.717, 1.165) is 29.3 Å². The quantitative estimate of drug-likeness (QED) is 0.902. The summed E-state index contributed by atoms with van der Waals surface area (Å²) in [5.41, 5.74) is -0.565. The molecule has 110 valence electrons. The molecule has 1 N–H and O–H groups in total. The molecule has 0 amide bonds. The molecule has 0 aromatic heterocycles. The van der Waals surface area contributed by atoms with Crippen molar-refractivity contribution in [3.05, 3.63) is 28.5 Å². The van der Waals surface area contributed by atoms with Crippen LogP contribution in [0, 0.1) is 11.7 Å². The Morgan fingerprint density at radius 1 is 1.50 bits per heavy atom. The van der Waals surface area contributed by atoms with Gasteiger partial charge in [0.1, 0.15) is 5.82 Å². The highest BCUT2D eigenvalue weighted by molar-refractivity contribution is 7.89. The number of sulfonamides is 1. The summed E-state index contributed by atoms with van der Waals surface area (Å²) in [6.07, 6.45) is 1.93. The fraction of sp³-hybridized carbons (Fsp3) is 0.417. The largest absolute Gasteiger partial charge is 0.478 e. The van der Waals surface area contributed by atoms with Gasteiger partial charge in [-0.2, -0.15) is 0 Å². The van der Waals surface area contributed by atoms with Crippen LogP contribution in [0.2, 0.25) is 5.02 Å². The van der Waals surface area contributed by atoms with Crippen LogP contribution >= 0.6 is 11.6 Å². The summed E-state index contributed by atoms with van der Waals surface area (Å²) in [4.78, 5) is 10.5. The van der Waals surface area contributed by atoms with Crippen LogP contribution in [0.3, 0.4) is 0 Å².